The Balaban J connectivity index is 2.92. The zero-order valence-electron chi connectivity index (χ0n) is 8.05. The molecular formula is C11H15NO. The molecule has 0 N–H and O–H groups in total. The van der Waals surface area contributed by atoms with E-state index in [2.05, 4.69) is 13.2 Å². The minimum absolute atomic E-state index is 0.159. The summed E-state index contributed by atoms with van der Waals surface area (Å²) >= 11 is 0. The Hall–Kier alpha value is -1.31. The summed E-state index contributed by atoms with van der Waals surface area (Å²) in [5.41, 5.74) is 2.05. The van der Waals surface area contributed by atoms with E-state index in [-0.39, 0.29) is 5.91 Å². The van der Waals surface area contributed by atoms with Gasteiger partial charge in [-0.25, -0.2) is 0 Å². The molecule has 0 spiro atoms. The monoisotopic (exact) mass is 177 g/mol. The van der Waals surface area contributed by atoms with Crippen molar-refractivity contribution in [3.05, 3.63) is 36.6 Å². The fraction of sp³-hybridized carbons (Fsp3) is 0.364. The lowest BCUT2D eigenvalue weighted by molar-refractivity contribution is -0.128. The fourth-order valence-corrected chi connectivity index (χ4v) is 1.55. The zero-order valence-corrected chi connectivity index (χ0v) is 8.05. The van der Waals surface area contributed by atoms with E-state index in [4.69, 9.17) is 0 Å². The molecule has 1 aliphatic rings. The minimum atomic E-state index is 0.159. The molecule has 0 aromatic carbocycles. The third-order valence-electron chi connectivity index (χ3n) is 2.27. The Morgan fingerprint density at radius 1 is 1.54 bits per heavy atom. The highest BCUT2D eigenvalue weighted by atomic mass is 16.2. The SMILES string of the molecule is C=CC1=C(C=C)N(C(=O)CC)CC1. The lowest BCUT2D eigenvalue weighted by atomic mass is 10.2. The van der Waals surface area contributed by atoms with Crippen LogP contribution in [0.4, 0.5) is 0 Å². The molecule has 0 aromatic heterocycles. The van der Waals surface area contributed by atoms with Gasteiger partial charge in [-0.1, -0.05) is 26.2 Å². The van der Waals surface area contributed by atoms with Gasteiger partial charge in [0.2, 0.25) is 5.91 Å². The van der Waals surface area contributed by atoms with Gasteiger partial charge in [-0.2, -0.15) is 0 Å². The maximum absolute atomic E-state index is 11.5. The molecule has 0 unspecified atom stereocenters. The van der Waals surface area contributed by atoms with Crippen LogP contribution >= 0.6 is 0 Å². The first kappa shape index (κ1) is 9.78. The normalized spacial score (nSPS) is 16.2. The predicted molar refractivity (Wildman–Crippen MR) is 54.0 cm³/mol. The fourth-order valence-electron chi connectivity index (χ4n) is 1.55. The summed E-state index contributed by atoms with van der Waals surface area (Å²) in [7, 11) is 0. The maximum atomic E-state index is 11.5. The molecule has 0 atom stereocenters. The van der Waals surface area contributed by atoms with E-state index in [1.165, 1.54) is 0 Å². The van der Waals surface area contributed by atoms with Crippen molar-refractivity contribution >= 4 is 5.91 Å². The van der Waals surface area contributed by atoms with Gasteiger partial charge in [0.1, 0.15) is 0 Å². The lowest BCUT2D eigenvalue weighted by Gasteiger charge is -2.16. The Kier molecular flexibility index (Phi) is 3.07. The lowest BCUT2D eigenvalue weighted by Crippen LogP contribution is -2.26. The summed E-state index contributed by atoms with van der Waals surface area (Å²) in [5.74, 6) is 0.159. The molecule has 1 amide bonds. The van der Waals surface area contributed by atoms with E-state index in [9.17, 15) is 4.79 Å². The van der Waals surface area contributed by atoms with Gasteiger partial charge < -0.3 is 4.90 Å². The summed E-state index contributed by atoms with van der Waals surface area (Å²) in [6, 6.07) is 0. The first-order chi connectivity index (χ1) is 6.24. The smallest absolute Gasteiger partial charge is 0.226 e. The Bertz CT molecular complexity index is 276. The second kappa shape index (κ2) is 4.08. The van der Waals surface area contributed by atoms with Crippen LogP contribution in [0.25, 0.3) is 0 Å². The number of allylic oxidation sites excluding steroid dienone is 2. The summed E-state index contributed by atoms with van der Waals surface area (Å²) in [4.78, 5) is 13.2. The average molecular weight is 177 g/mol. The second-order valence-corrected chi connectivity index (χ2v) is 2.97. The van der Waals surface area contributed by atoms with Crippen LogP contribution in [0.3, 0.4) is 0 Å². The number of hydrogen-bond donors (Lipinski definition) is 0. The number of hydrogen-bond acceptors (Lipinski definition) is 1. The third kappa shape index (κ3) is 1.72. The molecule has 13 heavy (non-hydrogen) atoms. The van der Waals surface area contributed by atoms with Crippen molar-refractivity contribution in [1.82, 2.24) is 4.90 Å². The maximum Gasteiger partial charge on any atom is 0.226 e. The molecule has 70 valence electrons. The van der Waals surface area contributed by atoms with E-state index in [1.54, 1.807) is 17.1 Å². The largest absolute Gasteiger partial charge is 0.312 e. The quantitative estimate of drug-likeness (QED) is 0.647. The molecule has 1 aliphatic heterocycles. The van der Waals surface area contributed by atoms with E-state index < -0.39 is 0 Å². The molecule has 2 heteroatoms. The van der Waals surface area contributed by atoms with Gasteiger partial charge in [0.15, 0.2) is 0 Å². The molecule has 1 heterocycles. The minimum Gasteiger partial charge on any atom is -0.312 e. The zero-order chi connectivity index (χ0) is 9.84. The van der Waals surface area contributed by atoms with Crippen molar-refractivity contribution in [3.63, 3.8) is 0 Å². The molecule has 0 aliphatic carbocycles. The van der Waals surface area contributed by atoms with Crippen LogP contribution in [0, 0.1) is 0 Å². The summed E-state index contributed by atoms with van der Waals surface area (Å²) < 4.78 is 0. The molecule has 0 radical (unpaired) electrons. The van der Waals surface area contributed by atoms with E-state index >= 15 is 0 Å². The van der Waals surface area contributed by atoms with E-state index in [1.807, 2.05) is 6.92 Å². The third-order valence-corrected chi connectivity index (χ3v) is 2.27. The van der Waals surface area contributed by atoms with Crippen LogP contribution in [0.15, 0.2) is 36.6 Å². The summed E-state index contributed by atoms with van der Waals surface area (Å²) in [6.45, 7) is 10.1. The standard InChI is InChI=1S/C11H15NO/c1-4-9-7-8-12(10(9)5-2)11(13)6-3/h4-5H,1-2,6-8H2,3H3. The van der Waals surface area contributed by atoms with Crippen molar-refractivity contribution in [2.75, 3.05) is 6.54 Å². The number of carbonyl (C=O) groups excluding carboxylic acids is 1. The van der Waals surface area contributed by atoms with Gasteiger partial charge in [0.25, 0.3) is 0 Å². The van der Waals surface area contributed by atoms with Crippen molar-refractivity contribution in [2.45, 2.75) is 19.8 Å². The van der Waals surface area contributed by atoms with Gasteiger partial charge >= 0.3 is 0 Å². The van der Waals surface area contributed by atoms with Crippen molar-refractivity contribution < 1.29 is 4.79 Å². The topological polar surface area (TPSA) is 20.3 Å². The summed E-state index contributed by atoms with van der Waals surface area (Å²) in [6.07, 6.45) is 4.98. The molecule has 0 fully saturated rings. The van der Waals surface area contributed by atoms with Crippen LogP contribution in [-0.2, 0) is 4.79 Å². The van der Waals surface area contributed by atoms with Crippen LogP contribution < -0.4 is 0 Å². The highest BCUT2D eigenvalue weighted by Gasteiger charge is 2.22. The molecule has 0 saturated carbocycles. The highest BCUT2D eigenvalue weighted by Crippen LogP contribution is 2.24. The van der Waals surface area contributed by atoms with Gasteiger partial charge in [-0.15, -0.1) is 0 Å². The van der Waals surface area contributed by atoms with Crippen LogP contribution in [-0.4, -0.2) is 17.4 Å². The molecule has 1 rings (SSSR count). The Morgan fingerprint density at radius 3 is 2.69 bits per heavy atom. The molecule has 0 aromatic rings. The van der Waals surface area contributed by atoms with Gasteiger partial charge in [0, 0.05) is 18.7 Å². The van der Waals surface area contributed by atoms with E-state index in [0.717, 1.165) is 24.2 Å². The molecular weight excluding hydrogens is 162 g/mol. The first-order valence-electron chi connectivity index (χ1n) is 4.53. The van der Waals surface area contributed by atoms with Gasteiger partial charge in [-0.3, -0.25) is 4.79 Å². The van der Waals surface area contributed by atoms with Crippen LogP contribution in [0.5, 0.6) is 0 Å². The van der Waals surface area contributed by atoms with E-state index in [0.29, 0.717) is 6.42 Å². The predicted octanol–water partition coefficient (Wildman–Crippen LogP) is 2.25. The number of rotatable bonds is 3. The molecule has 2 nitrogen and oxygen atoms in total. The van der Waals surface area contributed by atoms with Crippen molar-refractivity contribution in [3.8, 4) is 0 Å². The Morgan fingerprint density at radius 2 is 2.23 bits per heavy atom. The van der Waals surface area contributed by atoms with Crippen molar-refractivity contribution in [1.29, 1.82) is 0 Å². The number of amides is 1. The van der Waals surface area contributed by atoms with Gasteiger partial charge in [-0.05, 0) is 18.1 Å². The second-order valence-electron chi connectivity index (χ2n) is 2.97. The van der Waals surface area contributed by atoms with Crippen LogP contribution in [0.2, 0.25) is 0 Å². The first-order valence-corrected chi connectivity index (χ1v) is 4.53. The van der Waals surface area contributed by atoms with Crippen LogP contribution in [0.1, 0.15) is 19.8 Å². The number of carbonyl (C=O) groups is 1. The Labute approximate surface area is 79.2 Å². The van der Waals surface area contributed by atoms with Gasteiger partial charge in [0.05, 0.1) is 0 Å². The number of nitrogens with zero attached hydrogens (tertiary/aromatic N) is 1. The highest BCUT2D eigenvalue weighted by molar-refractivity contribution is 5.79. The molecule has 0 bridgehead atoms. The van der Waals surface area contributed by atoms with Crippen molar-refractivity contribution in [2.24, 2.45) is 0 Å². The summed E-state index contributed by atoms with van der Waals surface area (Å²) in [5, 5.41) is 0. The molecule has 0 saturated heterocycles. The average Bonchev–Trinajstić information content (AvgIpc) is 2.58.